The first kappa shape index (κ1) is 20.5. The molecule has 1 heterocycles. The molecular weight excluding hydrogens is 424 g/mol. The van der Waals surface area contributed by atoms with E-state index in [0.29, 0.717) is 23.1 Å². The number of halogens is 2. The summed E-state index contributed by atoms with van der Waals surface area (Å²) in [5.74, 6) is -0.733. The number of ether oxygens (including phenoxy) is 1. The second-order valence-electron chi connectivity index (χ2n) is 6.25. The number of carbonyl (C=O) groups is 1. The van der Waals surface area contributed by atoms with Crippen LogP contribution in [0.15, 0.2) is 82.4 Å². The number of benzene rings is 3. The van der Waals surface area contributed by atoms with Crippen molar-refractivity contribution in [1.82, 2.24) is 10.2 Å². The van der Waals surface area contributed by atoms with E-state index in [1.165, 1.54) is 0 Å². The van der Waals surface area contributed by atoms with Gasteiger partial charge in [0.05, 0.1) is 17.0 Å². The monoisotopic (exact) mass is 439 g/mol. The first-order chi connectivity index (χ1) is 15.1. The molecule has 9 heteroatoms. The predicted octanol–water partition coefficient (Wildman–Crippen LogP) is 5.54. The number of hydrogen-bond donors (Lipinski definition) is 1. The highest BCUT2D eigenvalue weighted by atomic mass is 32.2. The predicted molar refractivity (Wildman–Crippen MR) is 112 cm³/mol. The normalized spacial score (nSPS) is 10.6. The van der Waals surface area contributed by atoms with Gasteiger partial charge in [-0.25, -0.2) is 8.78 Å². The van der Waals surface area contributed by atoms with Gasteiger partial charge < -0.3 is 14.5 Å². The van der Waals surface area contributed by atoms with Crippen molar-refractivity contribution in [3.05, 3.63) is 84.4 Å². The Balaban J connectivity index is 1.41. The SMILES string of the molecule is O=C(CSc1nnc(-c2ccccc2Oc2ccccc2)o1)Nc1ccc(F)cc1F. The third-order valence-electron chi connectivity index (χ3n) is 4.03. The summed E-state index contributed by atoms with van der Waals surface area (Å²) in [7, 11) is 0. The molecule has 0 aliphatic heterocycles. The lowest BCUT2D eigenvalue weighted by atomic mass is 10.2. The highest BCUT2D eigenvalue weighted by molar-refractivity contribution is 7.99. The number of amides is 1. The van der Waals surface area contributed by atoms with Crippen LogP contribution in [0.25, 0.3) is 11.5 Å². The number of rotatable bonds is 7. The quantitative estimate of drug-likeness (QED) is 0.381. The Morgan fingerprint density at radius 2 is 1.77 bits per heavy atom. The Bertz CT molecular complexity index is 1200. The number of nitrogens with zero attached hydrogens (tertiary/aromatic N) is 2. The maximum atomic E-state index is 13.6. The van der Waals surface area contributed by atoms with Crippen LogP contribution in [0, 0.1) is 11.6 Å². The van der Waals surface area contributed by atoms with Gasteiger partial charge in [-0.1, -0.05) is 42.1 Å². The molecule has 31 heavy (non-hydrogen) atoms. The standard InChI is InChI=1S/C22H15F2N3O3S/c23-14-10-11-18(17(24)12-14)25-20(28)13-31-22-27-26-21(30-22)16-8-4-5-9-19(16)29-15-6-2-1-3-7-15/h1-12H,13H2,(H,25,28). The summed E-state index contributed by atoms with van der Waals surface area (Å²) in [6.07, 6.45) is 0. The van der Waals surface area contributed by atoms with Gasteiger partial charge in [-0.2, -0.15) is 0 Å². The van der Waals surface area contributed by atoms with Crippen molar-refractivity contribution in [3.63, 3.8) is 0 Å². The maximum absolute atomic E-state index is 13.6. The molecule has 3 aromatic carbocycles. The highest BCUT2D eigenvalue weighted by Crippen LogP contribution is 2.33. The van der Waals surface area contributed by atoms with E-state index >= 15 is 0 Å². The largest absolute Gasteiger partial charge is 0.457 e. The fourth-order valence-electron chi connectivity index (χ4n) is 2.63. The zero-order valence-corrected chi connectivity index (χ0v) is 16.7. The average molecular weight is 439 g/mol. The molecule has 1 amide bonds. The van der Waals surface area contributed by atoms with Gasteiger partial charge >= 0.3 is 0 Å². The second-order valence-corrected chi connectivity index (χ2v) is 7.17. The van der Waals surface area contributed by atoms with Crippen molar-refractivity contribution in [2.45, 2.75) is 5.22 Å². The minimum Gasteiger partial charge on any atom is -0.457 e. The Kier molecular flexibility index (Phi) is 6.23. The molecule has 0 radical (unpaired) electrons. The van der Waals surface area contributed by atoms with Crippen LogP contribution in [0.5, 0.6) is 11.5 Å². The van der Waals surface area contributed by atoms with Gasteiger partial charge in [-0.15, -0.1) is 10.2 Å². The summed E-state index contributed by atoms with van der Waals surface area (Å²) in [4.78, 5) is 12.1. The van der Waals surface area contributed by atoms with Crippen molar-refractivity contribution in [2.75, 3.05) is 11.1 Å². The van der Waals surface area contributed by atoms with E-state index in [0.717, 1.165) is 23.9 Å². The molecule has 4 aromatic rings. The molecule has 0 aliphatic carbocycles. The third-order valence-corrected chi connectivity index (χ3v) is 4.85. The number of aromatic nitrogens is 2. The zero-order chi connectivity index (χ0) is 21.6. The number of para-hydroxylation sites is 2. The molecule has 0 spiro atoms. The van der Waals surface area contributed by atoms with Crippen LogP contribution in [0.4, 0.5) is 14.5 Å². The molecule has 0 bridgehead atoms. The van der Waals surface area contributed by atoms with Gasteiger partial charge in [0, 0.05) is 6.07 Å². The lowest BCUT2D eigenvalue weighted by Gasteiger charge is -2.08. The lowest BCUT2D eigenvalue weighted by Crippen LogP contribution is -2.15. The molecule has 4 rings (SSSR count). The van der Waals surface area contributed by atoms with E-state index in [4.69, 9.17) is 9.15 Å². The van der Waals surface area contributed by atoms with E-state index in [2.05, 4.69) is 15.5 Å². The molecule has 1 N–H and O–H groups in total. The van der Waals surface area contributed by atoms with Crippen LogP contribution in [-0.2, 0) is 4.79 Å². The minimum absolute atomic E-state index is 0.0966. The number of carbonyl (C=O) groups excluding carboxylic acids is 1. The molecule has 1 aromatic heterocycles. The molecular formula is C22H15F2N3O3S. The van der Waals surface area contributed by atoms with Gasteiger partial charge in [0.15, 0.2) is 0 Å². The summed E-state index contributed by atoms with van der Waals surface area (Å²) in [5, 5.41) is 10.5. The van der Waals surface area contributed by atoms with Crippen molar-refractivity contribution in [2.24, 2.45) is 0 Å². The van der Waals surface area contributed by atoms with Gasteiger partial charge in [-0.3, -0.25) is 4.79 Å². The van der Waals surface area contributed by atoms with E-state index < -0.39 is 17.5 Å². The smallest absolute Gasteiger partial charge is 0.277 e. The fraction of sp³-hybridized carbons (Fsp3) is 0.0455. The molecule has 0 unspecified atom stereocenters. The summed E-state index contributed by atoms with van der Waals surface area (Å²) in [6, 6.07) is 19.4. The van der Waals surface area contributed by atoms with E-state index in [1.807, 2.05) is 42.5 Å². The molecule has 0 aliphatic rings. The van der Waals surface area contributed by atoms with Crippen LogP contribution < -0.4 is 10.1 Å². The molecule has 0 fully saturated rings. The Morgan fingerprint density at radius 3 is 2.58 bits per heavy atom. The number of thioether (sulfide) groups is 1. The second kappa shape index (κ2) is 9.40. The third kappa shape index (κ3) is 5.26. The molecule has 0 atom stereocenters. The molecule has 0 saturated carbocycles. The number of nitrogens with one attached hydrogen (secondary N) is 1. The maximum Gasteiger partial charge on any atom is 0.277 e. The lowest BCUT2D eigenvalue weighted by molar-refractivity contribution is -0.113. The van der Waals surface area contributed by atoms with Crippen LogP contribution in [0.2, 0.25) is 0 Å². The fourth-order valence-corrected chi connectivity index (χ4v) is 3.19. The van der Waals surface area contributed by atoms with Crippen LogP contribution in [0.1, 0.15) is 0 Å². The summed E-state index contributed by atoms with van der Waals surface area (Å²) < 4.78 is 38.1. The Hall–Kier alpha value is -3.72. The van der Waals surface area contributed by atoms with Crippen molar-refractivity contribution in [1.29, 1.82) is 0 Å². The Morgan fingerprint density at radius 1 is 1.00 bits per heavy atom. The van der Waals surface area contributed by atoms with E-state index in [9.17, 15) is 13.6 Å². The molecule has 0 saturated heterocycles. The zero-order valence-electron chi connectivity index (χ0n) is 15.9. The number of hydrogen-bond acceptors (Lipinski definition) is 6. The Labute approximate surface area is 180 Å². The summed E-state index contributed by atoms with van der Waals surface area (Å²) in [6.45, 7) is 0. The molecule has 156 valence electrons. The van der Waals surface area contributed by atoms with Crippen LogP contribution in [-0.4, -0.2) is 21.9 Å². The molecule has 6 nitrogen and oxygen atoms in total. The summed E-state index contributed by atoms with van der Waals surface area (Å²) >= 11 is 0.992. The number of anilines is 1. The van der Waals surface area contributed by atoms with Gasteiger partial charge in [0.25, 0.3) is 11.1 Å². The van der Waals surface area contributed by atoms with Crippen LogP contribution >= 0.6 is 11.8 Å². The van der Waals surface area contributed by atoms with Crippen LogP contribution in [0.3, 0.4) is 0 Å². The topological polar surface area (TPSA) is 77.2 Å². The van der Waals surface area contributed by atoms with Gasteiger partial charge in [0.1, 0.15) is 23.1 Å². The van der Waals surface area contributed by atoms with Gasteiger partial charge in [-0.05, 0) is 36.4 Å². The minimum atomic E-state index is -0.853. The summed E-state index contributed by atoms with van der Waals surface area (Å²) in [5.41, 5.74) is 0.494. The first-order valence-corrected chi connectivity index (χ1v) is 10.1. The van der Waals surface area contributed by atoms with E-state index in [-0.39, 0.29) is 22.6 Å². The van der Waals surface area contributed by atoms with Crippen molar-refractivity contribution >= 4 is 23.4 Å². The first-order valence-electron chi connectivity index (χ1n) is 9.12. The van der Waals surface area contributed by atoms with Crippen molar-refractivity contribution in [3.8, 4) is 23.0 Å². The highest BCUT2D eigenvalue weighted by Gasteiger charge is 2.16. The average Bonchev–Trinajstić information content (AvgIpc) is 3.24. The van der Waals surface area contributed by atoms with Crippen molar-refractivity contribution < 1.29 is 22.7 Å². The van der Waals surface area contributed by atoms with Gasteiger partial charge in [0.2, 0.25) is 5.91 Å². The van der Waals surface area contributed by atoms with E-state index in [1.54, 1.807) is 12.1 Å².